The van der Waals surface area contributed by atoms with Crippen molar-refractivity contribution in [2.45, 2.75) is 6.54 Å². The Balaban J connectivity index is 1.59. The third-order valence-electron chi connectivity index (χ3n) is 4.75. The number of rotatable bonds is 4. The number of aryl methyl sites for hydroxylation is 1. The van der Waals surface area contributed by atoms with E-state index in [4.69, 9.17) is 0 Å². The molecule has 4 rings (SSSR count). The minimum Gasteiger partial charge on any atom is -0.451 e. The Kier molecular flexibility index (Phi) is 5.01. The van der Waals surface area contributed by atoms with Crippen molar-refractivity contribution >= 4 is 23.0 Å². The summed E-state index contributed by atoms with van der Waals surface area (Å²) in [6.07, 6.45) is 2.43. The Morgan fingerprint density at radius 2 is 2.00 bits per heavy atom. The van der Waals surface area contributed by atoms with Gasteiger partial charge in [0.2, 0.25) is 0 Å². The monoisotopic (exact) mass is 407 g/mol. The number of benzene rings is 1. The van der Waals surface area contributed by atoms with Gasteiger partial charge in [0.1, 0.15) is 17.2 Å². The predicted octanol–water partition coefficient (Wildman–Crippen LogP) is 3.12. The number of hydrogen-bond donors (Lipinski definition) is 1. The number of pyridine rings is 1. The van der Waals surface area contributed by atoms with Gasteiger partial charge in [0.15, 0.2) is 0 Å². The summed E-state index contributed by atoms with van der Waals surface area (Å²) in [5, 5.41) is 7.47. The first-order valence-corrected chi connectivity index (χ1v) is 9.09. The van der Waals surface area contributed by atoms with E-state index in [1.807, 2.05) is 6.07 Å². The smallest absolute Gasteiger partial charge is 0.434 e. The van der Waals surface area contributed by atoms with Crippen molar-refractivity contribution in [3.63, 3.8) is 0 Å². The zero-order chi connectivity index (χ0) is 21.3. The van der Waals surface area contributed by atoms with Crippen molar-refractivity contribution in [1.29, 1.82) is 0 Å². The highest BCUT2D eigenvalue weighted by atomic mass is 19.1. The molecule has 3 aromatic heterocycles. The molecule has 0 aliphatic rings. The number of nitrogens with zero attached hydrogens (tertiary/aromatic N) is 4. The quantitative estimate of drug-likeness (QED) is 0.561. The molecule has 0 atom stereocenters. The zero-order valence-corrected chi connectivity index (χ0v) is 16.3. The van der Waals surface area contributed by atoms with Crippen LogP contribution in [0.15, 0.2) is 54.9 Å². The van der Waals surface area contributed by atoms with Crippen molar-refractivity contribution in [2.75, 3.05) is 7.11 Å². The number of methoxy groups -OCH3 is 1. The van der Waals surface area contributed by atoms with E-state index >= 15 is 0 Å². The molecule has 0 radical (unpaired) electrons. The Morgan fingerprint density at radius 3 is 2.77 bits per heavy atom. The summed E-state index contributed by atoms with van der Waals surface area (Å²) in [5.74, 6) is -0.701. The van der Waals surface area contributed by atoms with Gasteiger partial charge in [0.25, 0.3) is 5.91 Å². The topological polar surface area (TPSA) is 91.0 Å². The van der Waals surface area contributed by atoms with Crippen LogP contribution in [0.4, 0.5) is 9.18 Å². The van der Waals surface area contributed by atoms with E-state index in [-0.39, 0.29) is 18.3 Å². The Hall–Kier alpha value is -4.01. The van der Waals surface area contributed by atoms with E-state index in [9.17, 15) is 14.0 Å². The van der Waals surface area contributed by atoms with Gasteiger partial charge >= 0.3 is 6.09 Å². The molecule has 0 saturated carbocycles. The summed E-state index contributed by atoms with van der Waals surface area (Å²) in [5.41, 5.74) is 2.63. The lowest BCUT2D eigenvalue weighted by Gasteiger charge is -2.07. The SMILES string of the molecule is COC(=O)n1cc(-c2ccc3cc(C(=O)NCc4ccccc4F)n(C)c3n2)cn1. The molecule has 1 N–H and O–H groups in total. The molecule has 9 heteroatoms. The predicted molar refractivity (Wildman–Crippen MR) is 107 cm³/mol. The molecule has 0 aliphatic carbocycles. The molecule has 3 heterocycles. The maximum Gasteiger partial charge on any atom is 0.434 e. The Bertz CT molecular complexity index is 1260. The first kappa shape index (κ1) is 19.3. The largest absolute Gasteiger partial charge is 0.451 e. The van der Waals surface area contributed by atoms with E-state index < -0.39 is 6.09 Å². The van der Waals surface area contributed by atoms with E-state index in [2.05, 4.69) is 20.1 Å². The first-order chi connectivity index (χ1) is 14.5. The molecule has 152 valence electrons. The summed E-state index contributed by atoms with van der Waals surface area (Å²) < 4.78 is 21.1. The molecule has 0 fully saturated rings. The number of carbonyl (C=O) groups is 2. The second-order valence-corrected chi connectivity index (χ2v) is 6.62. The van der Waals surface area contributed by atoms with Crippen LogP contribution in [0.3, 0.4) is 0 Å². The molecule has 0 aliphatic heterocycles. The summed E-state index contributed by atoms with van der Waals surface area (Å²) in [4.78, 5) is 28.8. The number of fused-ring (bicyclic) bond motifs is 1. The highest BCUT2D eigenvalue weighted by Crippen LogP contribution is 2.23. The van der Waals surface area contributed by atoms with E-state index in [0.29, 0.717) is 28.2 Å². The summed E-state index contributed by atoms with van der Waals surface area (Å²) >= 11 is 0. The van der Waals surface area contributed by atoms with Crippen molar-refractivity contribution in [3.05, 3.63) is 71.9 Å². The van der Waals surface area contributed by atoms with Crippen LogP contribution >= 0.6 is 0 Å². The highest BCUT2D eigenvalue weighted by molar-refractivity contribution is 5.98. The fraction of sp³-hybridized carbons (Fsp3) is 0.143. The average molecular weight is 407 g/mol. The standard InChI is InChI=1S/C21H18FN5O3/c1-26-18(20(28)23-10-14-5-3-4-6-16(14)22)9-13-7-8-17(25-19(13)26)15-11-24-27(12-15)21(29)30-2/h3-9,11-12H,10H2,1-2H3,(H,23,28). The van der Waals surface area contributed by atoms with Crippen LogP contribution in [-0.2, 0) is 18.3 Å². The van der Waals surface area contributed by atoms with Gasteiger partial charge in [0.05, 0.1) is 19.0 Å². The minimum absolute atomic E-state index is 0.0818. The number of carbonyl (C=O) groups excluding carboxylic acids is 2. The number of aromatic nitrogens is 4. The van der Waals surface area contributed by atoms with Gasteiger partial charge in [-0.25, -0.2) is 14.2 Å². The lowest BCUT2D eigenvalue weighted by molar-refractivity contribution is 0.0942. The second kappa shape index (κ2) is 7.78. The van der Waals surface area contributed by atoms with Gasteiger partial charge in [-0.2, -0.15) is 9.78 Å². The number of nitrogens with one attached hydrogen (secondary N) is 1. The van der Waals surface area contributed by atoms with Crippen molar-refractivity contribution in [2.24, 2.45) is 7.05 Å². The number of ether oxygens (including phenoxy) is 1. The van der Waals surface area contributed by atoms with E-state index in [0.717, 1.165) is 10.1 Å². The van der Waals surface area contributed by atoms with Gasteiger partial charge in [-0.05, 0) is 24.3 Å². The van der Waals surface area contributed by atoms with Crippen LogP contribution in [0.2, 0.25) is 0 Å². The minimum atomic E-state index is -0.602. The fourth-order valence-electron chi connectivity index (χ4n) is 3.13. The van der Waals surface area contributed by atoms with Crippen LogP contribution in [0.25, 0.3) is 22.3 Å². The van der Waals surface area contributed by atoms with Crippen LogP contribution < -0.4 is 5.32 Å². The molecule has 0 spiro atoms. The number of hydrogen-bond acceptors (Lipinski definition) is 5. The molecule has 30 heavy (non-hydrogen) atoms. The van der Waals surface area contributed by atoms with E-state index in [1.165, 1.54) is 25.6 Å². The van der Waals surface area contributed by atoms with Crippen LogP contribution in [-0.4, -0.2) is 38.4 Å². The lowest BCUT2D eigenvalue weighted by atomic mass is 10.2. The molecule has 0 unspecified atom stereocenters. The lowest BCUT2D eigenvalue weighted by Crippen LogP contribution is -2.25. The highest BCUT2D eigenvalue weighted by Gasteiger charge is 2.16. The molecule has 1 amide bonds. The summed E-state index contributed by atoms with van der Waals surface area (Å²) in [6.45, 7) is 0.0818. The molecule has 0 bridgehead atoms. The third-order valence-corrected chi connectivity index (χ3v) is 4.75. The average Bonchev–Trinajstić information content (AvgIpc) is 3.37. The van der Waals surface area contributed by atoms with Gasteiger partial charge in [-0.15, -0.1) is 0 Å². The van der Waals surface area contributed by atoms with Gasteiger partial charge in [-0.1, -0.05) is 18.2 Å². The molecule has 0 saturated heterocycles. The zero-order valence-electron chi connectivity index (χ0n) is 16.3. The maximum atomic E-state index is 13.8. The molecule has 8 nitrogen and oxygen atoms in total. The van der Waals surface area contributed by atoms with Gasteiger partial charge < -0.3 is 14.6 Å². The van der Waals surface area contributed by atoms with Crippen molar-refractivity contribution in [1.82, 2.24) is 24.6 Å². The maximum absolute atomic E-state index is 13.8. The summed E-state index contributed by atoms with van der Waals surface area (Å²) in [6, 6.07) is 11.6. The Labute approximate surface area is 170 Å². The molecule has 4 aromatic rings. The van der Waals surface area contributed by atoms with Crippen LogP contribution in [0.1, 0.15) is 16.1 Å². The third kappa shape index (κ3) is 3.52. The first-order valence-electron chi connectivity index (χ1n) is 9.09. The van der Waals surface area contributed by atoms with Gasteiger partial charge in [0, 0.05) is 36.3 Å². The summed E-state index contributed by atoms with van der Waals surface area (Å²) in [7, 11) is 3.01. The number of halogens is 1. The normalized spacial score (nSPS) is 10.9. The Morgan fingerprint density at radius 1 is 1.20 bits per heavy atom. The molecular formula is C21H18FN5O3. The van der Waals surface area contributed by atoms with Gasteiger partial charge in [-0.3, -0.25) is 4.79 Å². The van der Waals surface area contributed by atoms with E-state index in [1.54, 1.807) is 41.9 Å². The molecule has 1 aromatic carbocycles. The molecular weight excluding hydrogens is 389 g/mol. The second-order valence-electron chi connectivity index (χ2n) is 6.62. The van der Waals surface area contributed by atoms with Crippen molar-refractivity contribution in [3.8, 4) is 11.3 Å². The van der Waals surface area contributed by atoms with Crippen LogP contribution in [0, 0.1) is 5.82 Å². The van der Waals surface area contributed by atoms with Crippen LogP contribution in [0.5, 0.6) is 0 Å². The van der Waals surface area contributed by atoms with Crippen molar-refractivity contribution < 1.29 is 18.7 Å². The fourth-order valence-corrected chi connectivity index (χ4v) is 3.13. The number of amides is 1.